The lowest BCUT2D eigenvalue weighted by atomic mass is 9.87. The summed E-state index contributed by atoms with van der Waals surface area (Å²) in [5.74, 6) is 7.45. The van der Waals surface area contributed by atoms with Gasteiger partial charge >= 0.3 is 23.9 Å². The van der Waals surface area contributed by atoms with Gasteiger partial charge in [0, 0.05) is 0 Å². The van der Waals surface area contributed by atoms with Gasteiger partial charge in [0.15, 0.2) is 0 Å². The normalized spacial score (nSPS) is 25.3. The van der Waals surface area contributed by atoms with Crippen LogP contribution in [0.5, 0.6) is 0 Å². The SMILES string of the molecule is NOC(=O)C1CCC(OC(=O)c2ccc(C(=O)OC3CCC(C(=O)ON)CC3)cc2)CC1. The quantitative estimate of drug-likeness (QED) is 0.487. The number of hydrogen-bond acceptors (Lipinski definition) is 10. The number of carbonyl (C=O) groups is 4. The summed E-state index contributed by atoms with van der Waals surface area (Å²) in [4.78, 5) is 56.3. The molecule has 0 bridgehead atoms. The van der Waals surface area contributed by atoms with E-state index < -0.39 is 23.9 Å². The van der Waals surface area contributed by atoms with E-state index in [-0.39, 0.29) is 24.0 Å². The standard InChI is InChI=1S/C22H28N2O8/c23-31-21(27)15-5-9-17(10-6-15)29-19(25)13-1-2-14(4-3-13)20(26)30-18-11-7-16(8-12-18)22(28)32-24/h1-4,15-18H,5-12,23-24H2. The first-order chi connectivity index (χ1) is 15.4. The topological polar surface area (TPSA) is 157 Å². The molecular weight excluding hydrogens is 420 g/mol. The molecule has 0 unspecified atom stereocenters. The van der Waals surface area contributed by atoms with Crippen molar-refractivity contribution in [1.82, 2.24) is 0 Å². The Morgan fingerprint density at radius 2 is 0.906 bits per heavy atom. The van der Waals surface area contributed by atoms with Gasteiger partial charge in [-0.25, -0.2) is 9.59 Å². The predicted molar refractivity (Wildman–Crippen MR) is 109 cm³/mol. The summed E-state index contributed by atoms with van der Waals surface area (Å²) < 4.78 is 11.0. The molecule has 2 fully saturated rings. The van der Waals surface area contributed by atoms with E-state index in [2.05, 4.69) is 9.68 Å². The van der Waals surface area contributed by atoms with Gasteiger partial charge in [-0.05, 0) is 75.6 Å². The molecule has 1 aromatic carbocycles. The molecule has 32 heavy (non-hydrogen) atoms. The van der Waals surface area contributed by atoms with Crippen molar-refractivity contribution in [2.24, 2.45) is 23.6 Å². The fourth-order valence-electron chi connectivity index (χ4n) is 4.21. The summed E-state index contributed by atoms with van der Waals surface area (Å²) >= 11 is 0. The van der Waals surface area contributed by atoms with Gasteiger partial charge in [-0.15, -0.1) is 0 Å². The molecule has 0 aliphatic heterocycles. The van der Waals surface area contributed by atoms with Crippen LogP contribution < -0.4 is 11.8 Å². The Morgan fingerprint density at radius 3 is 1.19 bits per heavy atom. The molecule has 0 heterocycles. The van der Waals surface area contributed by atoms with Crippen molar-refractivity contribution >= 4 is 23.9 Å². The second kappa shape index (κ2) is 11.1. The molecule has 0 aromatic heterocycles. The van der Waals surface area contributed by atoms with Crippen LogP contribution >= 0.6 is 0 Å². The van der Waals surface area contributed by atoms with Crippen LogP contribution in [0.1, 0.15) is 72.1 Å². The molecule has 0 radical (unpaired) electrons. The van der Waals surface area contributed by atoms with Crippen LogP contribution in [0, 0.1) is 11.8 Å². The number of carbonyl (C=O) groups excluding carboxylic acids is 4. The van der Waals surface area contributed by atoms with Gasteiger partial charge in [0.2, 0.25) is 0 Å². The molecule has 0 saturated heterocycles. The van der Waals surface area contributed by atoms with E-state index >= 15 is 0 Å². The third-order valence-electron chi connectivity index (χ3n) is 6.15. The summed E-state index contributed by atoms with van der Waals surface area (Å²) in [5, 5.41) is 0. The Labute approximate surface area is 185 Å². The first-order valence-electron chi connectivity index (χ1n) is 10.7. The van der Waals surface area contributed by atoms with Crippen molar-refractivity contribution in [3.63, 3.8) is 0 Å². The Hall–Kier alpha value is -2.98. The van der Waals surface area contributed by atoms with Gasteiger partial charge in [-0.1, -0.05) is 0 Å². The van der Waals surface area contributed by atoms with Crippen LogP contribution in [0.25, 0.3) is 0 Å². The van der Waals surface area contributed by atoms with E-state index in [9.17, 15) is 19.2 Å². The molecular formula is C22H28N2O8. The zero-order valence-corrected chi connectivity index (χ0v) is 17.7. The fraction of sp³-hybridized carbons (Fsp3) is 0.545. The number of ether oxygens (including phenoxy) is 2. The molecule has 10 nitrogen and oxygen atoms in total. The summed E-state index contributed by atoms with van der Waals surface area (Å²) in [6, 6.07) is 6.07. The van der Waals surface area contributed by atoms with Gasteiger partial charge in [0.05, 0.1) is 23.0 Å². The van der Waals surface area contributed by atoms with Crippen molar-refractivity contribution in [3.05, 3.63) is 35.4 Å². The molecule has 0 atom stereocenters. The highest BCUT2D eigenvalue weighted by Crippen LogP contribution is 2.29. The highest BCUT2D eigenvalue weighted by atomic mass is 16.7. The highest BCUT2D eigenvalue weighted by molar-refractivity contribution is 5.93. The monoisotopic (exact) mass is 448 g/mol. The smallest absolute Gasteiger partial charge is 0.338 e. The second-order valence-electron chi connectivity index (χ2n) is 8.21. The average Bonchev–Trinajstić information content (AvgIpc) is 2.84. The Kier molecular flexibility index (Phi) is 8.18. The lowest BCUT2D eigenvalue weighted by Crippen LogP contribution is -2.30. The zero-order valence-electron chi connectivity index (χ0n) is 17.7. The average molecular weight is 448 g/mol. The molecule has 0 spiro atoms. The maximum absolute atomic E-state index is 12.4. The van der Waals surface area contributed by atoms with Crippen LogP contribution in [0.2, 0.25) is 0 Å². The van der Waals surface area contributed by atoms with Gasteiger partial charge in [0.1, 0.15) is 12.2 Å². The molecule has 10 heteroatoms. The van der Waals surface area contributed by atoms with E-state index in [4.69, 9.17) is 21.3 Å². The minimum Gasteiger partial charge on any atom is -0.459 e. The van der Waals surface area contributed by atoms with E-state index in [1.54, 1.807) is 0 Å². The minimum absolute atomic E-state index is 0.259. The van der Waals surface area contributed by atoms with Crippen molar-refractivity contribution in [2.45, 2.75) is 63.6 Å². The number of nitrogens with two attached hydrogens (primary N) is 2. The number of hydrogen-bond donors (Lipinski definition) is 2. The Morgan fingerprint density at radius 1 is 0.594 bits per heavy atom. The van der Waals surface area contributed by atoms with Crippen LogP contribution in [0.4, 0.5) is 0 Å². The third kappa shape index (κ3) is 6.04. The maximum Gasteiger partial charge on any atom is 0.338 e. The summed E-state index contributed by atoms with van der Waals surface area (Å²) in [6.45, 7) is 0. The van der Waals surface area contributed by atoms with Gasteiger partial charge in [0.25, 0.3) is 0 Å². The number of esters is 2. The molecule has 4 N–H and O–H groups in total. The van der Waals surface area contributed by atoms with Crippen LogP contribution in [0.3, 0.4) is 0 Å². The second-order valence-corrected chi connectivity index (χ2v) is 8.21. The molecule has 3 rings (SSSR count). The first kappa shape index (κ1) is 23.7. The Balaban J connectivity index is 1.45. The van der Waals surface area contributed by atoms with E-state index in [1.807, 2.05) is 0 Å². The third-order valence-corrected chi connectivity index (χ3v) is 6.15. The fourth-order valence-corrected chi connectivity index (χ4v) is 4.21. The molecule has 0 amide bonds. The maximum atomic E-state index is 12.4. The van der Waals surface area contributed by atoms with Crippen LogP contribution in [-0.4, -0.2) is 36.1 Å². The molecule has 1 aromatic rings. The first-order valence-corrected chi connectivity index (χ1v) is 10.7. The highest BCUT2D eigenvalue weighted by Gasteiger charge is 2.30. The zero-order chi connectivity index (χ0) is 23.1. The summed E-state index contributed by atoms with van der Waals surface area (Å²) in [6.07, 6.45) is 3.87. The summed E-state index contributed by atoms with van der Waals surface area (Å²) in [7, 11) is 0. The van der Waals surface area contributed by atoms with Crippen LogP contribution in [0.15, 0.2) is 24.3 Å². The predicted octanol–water partition coefficient (Wildman–Crippen LogP) is 1.95. The van der Waals surface area contributed by atoms with E-state index in [0.29, 0.717) is 62.5 Å². The molecule has 174 valence electrons. The van der Waals surface area contributed by atoms with Crippen molar-refractivity contribution in [1.29, 1.82) is 0 Å². The lowest BCUT2D eigenvalue weighted by molar-refractivity contribution is -0.151. The van der Waals surface area contributed by atoms with Gasteiger partial charge in [-0.2, -0.15) is 11.8 Å². The number of benzene rings is 1. The van der Waals surface area contributed by atoms with Gasteiger partial charge < -0.3 is 19.1 Å². The van der Waals surface area contributed by atoms with Crippen molar-refractivity contribution < 1.29 is 38.3 Å². The lowest BCUT2D eigenvalue weighted by Gasteiger charge is -2.26. The minimum atomic E-state index is -0.486. The molecule has 2 aliphatic carbocycles. The van der Waals surface area contributed by atoms with E-state index in [1.165, 1.54) is 24.3 Å². The van der Waals surface area contributed by atoms with Crippen molar-refractivity contribution in [3.8, 4) is 0 Å². The molecule has 2 aliphatic rings. The largest absolute Gasteiger partial charge is 0.459 e. The van der Waals surface area contributed by atoms with Crippen molar-refractivity contribution in [2.75, 3.05) is 0 Å². The Bertz CT molecular complexity index is 756. The molecule has 2 saturated carbocycles. The van der Waals surface area contributed by atoms with E-state index in [0.717, 1.165) is 0 Å². The number of rotatable bonds is 6. The van der Waals surface area contributed by atoms with Gasteiger partial charge in [-0.3, -0.25) is 9.59 Å². The van der Waals surface area contributed by atoms with Crippen LogP contribution in [-0.2, 0) is 28.7 Å². The summed E-state index contributed by atoms with van der Waals surface area (Å²) in [5.41, 5.74) is 0.650.